The molecule has 1 heterocycles. The Kier molecular flexibility index (Phi) is 6.49. The number of carbonyl (C=O) groups is 2. The topological polar surface area (TPSA) is 71.1 Å². The first-order chi connectivity index (χ1) is 11.5. The summed E-state index contributed by atoms with van der Waals surface area (Å²) in [5, 5.41) is 5.58. The first kappa shape index (κ1) is 18.1. The second-order valence-corrected chi connectivity index (χ2v) is 6.31. The molecule has 0 fully saturated rings. The van der Waals surface area contributed by atoms with Crippen LogP contribution in [0.15, 0.2) is 40.9 Å². The highest BCUT2D eigenvalue weighted by Crippen LogP contribution is 2.23. The van der Waals surface area contributed by atoms with E-state index < -0.39 is 0 Å². The molecule has 0 spiro atoms. The molecular weight excluding hydrogens is 370 g/mol. The predicted octanol–water partition coefficient (Wildman–Crippen LogP) is 3.93. The van der Waals surface area contributed by atoms with E-state index in [0.29, 0.717) is 12.2 Å². The van der Waals surface area contributed by atoms with Crippen molar-refractivity contribution in [2.24, 2.45) is 0 Å². The summed E-state index contributed by atoms with van der Waals surface area (Å²) in [5.41, 5.74) is 2.18. The van der Waals surface area contributed by atoms with Gasteiger partial charge >= 0.3 is 0 Å². The molecule has 0 aliphatic heterocycles. The van der Waals surface area contributed by atoms with E-state index in [1.165, 1.54) is 0 Å². The Balaban J connectivity index is 2.09. The Morgan fingerprint density at radius 2 is 1.83 bits per heavy atom. The van der Waals surface area contributed by atoms with Gasteiger partial charge in [-0.15, -0.1) is 0 Å². The second kappa shape index (κ2) is 8.59. The highest BCUT2D eigenvalue weighted by molar-refractivity contribution is 9.10. The summed E-state index contributed by atoms with van der Waals surface area (Å²) in [6.45, 7) is 4.63. The van der Waals surface area contributed by atoms with E-state index in [9.17, 15) is 9.59 Å². The normalized spacial score (nSPS) is 10.3. The summed E-state index contributed by atoms with van der Waals surface area (Å²) in [4.78, 5) is 28.5. The molecule has 0 radical (unpaired) electrons. The van der Waals surface area contributed by atoms with Crippen molar-refractivity contribution in [3.05, 3.63) is 57.8 Å². The minimum atomic E-state index is -0.359. The fourth-order valence-electron chi connectivity index (χ4n) is 2.06. The molecule has 126 valence electrons. The molecule has 0 saturated heterocycles. The van der Waals surface area contributed by atoms with E-state index in [2.05, 4.69) is 38.5 Å². The predicted molar refractivity (Wildman–Crippen MR) is 98.3 cm³/mol. The molecule has 5 nitrogen and oxygen atoms in total. The van der Waals surface area contributed by atoms with Gasteiger partial charge in [0.2, 0.25) is 0 Å². The second-order valence-electron chi connectivity index (χ2n) is 5.45. The largest absolute Gasteiger partial charge is 0.351 e. The van der Waals surface area contributed by atoms with Gasteiger partial charge in [-0.25, -0.2) is 4.98 Å². The molecule has 0 atom stereocenters. The fraction of sp³-hybridized carbons (Fsp3) is 0.278. The number of carbonyl (C=O) groups excluding carboxylic acids is 2. The Labute approximate surface area is 150 Å². The van der Waals surface area contributed by atoms with E-state index in [1.54, 1.807) is 18.2 Å². The van der Waals surface area contributed by atoms with Gasteiger partial charge in [-0.3, -0.25) is 9.59 Å². The number of nitrogens with one attached hydrogen (secondary N) is 2. The Bertz CT molecular complexity index is 747. The summed E-state index contributed by atoms with van der Waals surface area (Å²) in [6.07, 6.45) is 1.91. The molecule has 24 heavy (non-hydrogen) atoms. The van der Waals surface area contributed by atoms with Crippen molar-refractivity contribution in [2.45, 2.75) is 26.7 Å². The summed E-state index contributed by atoms with van der Waals surface area (Å²) in [5.74, 6) is -0.627. The number of nitrogens with zero attached hydrogens (tertiary/aromatic N) is 1. The number of anilines is 1. The molecule has 0 aliphatic rings. The zero-order chi connectivity index (χ0) is 17.5. The maximum Gasteiger partial charge on any atom is 0.274 e. The number of aryl methyl sites for hydroxylation is 1. The molecule has 2 N–H and O–H groups in total. The van der Waals surface area contributed by atoms with E-state index in [0.717, 1.165) is 22.9 Å². The third kappa shape index (κ3) is 4.89. The summed E-state index contributed by atoms with van der Waals surface area (Å²) in [7, 11) is 0. The van der Waals surface area contributed by atoms with Gasteiger partial charge in [0.15, 0.2) is 0 Å². The van der Waals surface area contributed by atoms with Gasteiger partial charge in [-0.1, -0.05) is 25.5 Å². The van der Waals surface area contributed by atoms with Crippen LogP contribution in [0, 0.1) is 6.92 Å². The van der Waals surface area contributed by atoms with Crippen molar-refractivity contribution < 1.29 is 9.59 Å². The molecular formula is C18H20BrN3O2. The monoisotopic (exact) mass is 389 g/mol. The van der Waals surface area contributed by atoms with Crippen LogP contribution in [-0.2, 0) is 0 Å². The number of benzene rings is 1. The number of pyridine rings is 1. The molecule has 0 saturated carbocycles. The highest BCUT2D eigenvalue weighted by Gasteiger charge is 2.13. The molecule has 0 aliphatic carbocycles. The van der Waals surface area contributed by atoms with E-state index >= 15 is 0 Å². The zero-order valence-corrected chi connectivity index (χ0v) is 15.3. The summed E-state index contributed by atoms with van der Waals surface area (Å²) in [6, 6.07) is 10.5. The number of hydrogen-bond acceptors (Lipinski definition) is 3. The van der Waals surface area contributed by atoms with Crippen LogP contribution in [0.5, 0.6) is 0 Å². The lowest BCUT2D eigenvalue weighted by molar-refractivity contribution is 0.0948. The Hall–Kier alpha value is -2.21. The zero-order valence-electron chi connectivity index (χ0n) is 13.7. The van der Waals surface area contributed by atoms with E-state index in [4.69, 9.17) is 0 Å². The molecule has 0 bridgehead atoms. The van der Waals surface area contributed by atoms with Gasteiger partial charge in [0.1, 0.15) is 11.4 Å². The average molecular weight is 390 g/mol. The maximum absolute atomic E-state index is 12.4. The van der Waals surface area contributed by atoms with Crippen molar-refractivity contribution in [3.63, 3.8) is 0 Å². The summed E-state index contributed by atoms with van der Waals surface area (Å²) >= 11 is 3.42. The first-order valence-corrected chi connectivity index (χ1v) is 8.63. The van der Waals surface area contributed by atoms with Crippen molar-refractivity contribution in [3.8, 4) is 0 Å². The van der Waals surface area contributed by atoms with E-state index in [1.807, 2.05) is 25.1 Å². The molecule has 1 aromatic heterocycles. The van der Waals surface area contributed by atoms with Crippen molar-refractivity contribution in [1.82, 2.24) is 10.3 Å². The van der Waals surface area contributed by atoms with Crippen molar-refractivity contribution in [1.29, 1.82) is 0 Å². The third-order valence-electron chi connectivity index (χ3n) is 3.40. The molecule has 2 rings (SSSR count). The minimum Gasteiger partial charge on any atom is -0.351 e. The van der Waals surface area contributed by atoms with Crippen LogP contribution in [0.4, 0.5) is 5.69 Å². The molecule has 6 heteroatoms. The summed E-state index contributed by atoms with van der Waals surface area (Å²) < 4.78 is 0.796. The first-order valence-electron chi connectivity index (χ1n) is 7.84. The maximum atomic E-state index is 12.4. The number of halogens is 1. The van der Waals surface area contributed by atoms with Crippen LogP contribution in [0.2, 0.25) is 0 Å². The van der Waals surface area contributed by atoms with Gasteiger partial charge in [-0.2, -0.15) is 0 Å². The van der Waals surface area contributed by atoms with Gasteiger partial charge in [0.25, 0.3) is 11.8 Å². The van der Waals surface area contributed by atoms with Gasteiger partial charge < -0.3 is 10.6 Å². The SMILES string of the molecule is CCCCNC(=O)c1cccc(C(=O)Nc2ccc(C)cc2Br)n1. The van der Waals surface area contributed by atoms with Crippen LogP contribution in [0.1, 0.15) is 46.3 Å². The van der Waals surface area contributed by atoms with Gasteiger partial charge in [-0.05, 0) is 59.1 Å². The van der Waals surface area contributed by atoms with Gasteiger partial charge in [0, 0.05) is 11.0 Å². The number of aromatic nitrogens is 1. The third-order valence-corrected chi connectivity index (χ3v) is 4.06. The number of rotatable bonds is 6. The minimum absolute atomic E-state index is 0.200. The lowest BCUT2D eigenvalue weighted by Gasteiger charge is -2.09. The van der Waals surface area contributed by atoms with Crippen LogP contribution in [-0.4, -0.2) is 23.3 Å². The Morgan fingerprint density at radius 1 is 1.12 bits per heavy atom. The van der Waals surface area contributed by atoms with Crippen LogP contribution in [0.3, 0.4) is 0 Å². The molecule has 2 aromatic rings. The lowest BCUT2D eigenvalue weighted by Crippen LogP contribution is -2.26. The molecule has 1 aromatic carbocycles. The van der Waals surface area contributed by atoms with Crippen LogP contribution in [0.25, 0.3) is 0 Å². The number of hydrogen-bond donors (Lipinski definition) is 2. The van der Waals surface area contributed by atoms with E-state index in [-0.39, 0.29) is 23.2 Å². The quantitative estimate of drug-likeness (QED) is 0.735. The molecule has 0 unspecified atom stereocenters. The lowest BCUT2D eigenvalue weighted by atomic mass is 10.2. The highest BCUT2D eigenvalue weighted by atomic mass is 79.9. The fourth-order valence-corrected chi connectivity index (χ4v) is 2.66. The van der Waals surface area contributed by atoms with Crippen molar-refractivity contribution >= 4 is 33.4 Å². The van der Waals surface area contributed by atoms with Crippen LogP contribution >= 0.6 is 15.9 Å². The standard InChI is InChI=1S/C18H20BrN3O2/c1-3-4-10-20-17(23)15-6-5-7-16(21-15)18(24)22-14-9-8-12(2)11-13(14)19/h5-9,11H,3-4,10H2,1-2H3,(H,20,23)(H,22,24). The molecule has 2 amide bonds. The Morgan fingerprint density at radius 3 is 2.50 bits per heavy atom. The average Bonchev–Trinajstić information content (AvgIpc) is 2.57. The van der Waals surface area contributed by atoms with Gasteiger partial charge in [0.05, 0.1) is 5.69 Å². The number of amides is 2. The van der Waals surface area contributed by atoms with Crippen molar-refractivity contribution in [2.75, 3.05) is 11.9 Å². The number of unbranched alkanes of at least 4 members (excludes halogenated alkanes) is 1. The van der Waals surface area contributed by atoms with Crippen LogP contribution < -0.4 is 10.6 Å². The smallest absolute Gasteiger partial charge is 0.274 e.